The highest BCUT2D eigenvalue weighted by Gasteiger charge is 2.25. The Labute approximate surface area is 255 Å². The van der Waals surface area contributed by atoms with Crippen LogP contribution in [-0.4, -0.2) is 11.8 Å². The monoisotopic (exact) mass is 580 g/mol. The molecular weight excluding hydrogens is 552 g/mol. The smallest absolute Gasteiger partial charge is 0.251 e. The molecule has 0 bridgehead atoms. The molecule has 4 nitrogen and oxygen atoms in total. The number of fused-ring (bicyclic) bond motifs is 5. The molecule has 0 saturated carbocycles. The summed E-state index contributed by atoms with van der Waals surface area (Å²) in [4.78, 5) is 26.3. The molecule has 210 valence electrons. The van der Waals surface area contributed by atoms with Crippen molar-refractivity contribution in [3.63, 3.8) is 0 Å². The Morgan fingerprint density at radius 1 is 0.605 bits per heavy atom. The van der Waals surface area contributed by atoms with Gasteiger partial charge in [0.2, 0.25) is 0 Å². The minimum Gasteiger partial charge on any atom is -0.348 e. The summed E-state index contributed by atoms with van der Waals surface area (Å²) < 4.78 is 0. The van der Waals surface area contributed by atoms with Gasteiger partial charge in [-0.25, -0.2) is 0 Å². The summed E-state index contributed by atoms with van der Waals surface area (Å²) in [5.74, 6) is -0.255. The molecule has 0 spiro atoms. The highest BCUT2D eigenvalue weighted by molar-refractivity contribution is 6.22. The maximum absolute atomic E-state index is 13.1. The van der Waals surface area contributed by atoms with Gasteiger partial charge in [-0.05, 0) is 85.6 Å². The normalized spacial score (nSPS) is 13.7. The summed E-state index contributed by atoms with van der Waals surface area (Å²) in [6.45, 7) is 0.888. The Morgan fingerprint density at radius 3 is 1.72 bits per heavy atom. The molecule has 0 fully saturated rings. The lowest BCUT2D eigenvalue weighted by Crippen LogP contribution is -2.24. The number of amides is 2. The fourth-order valence-electron chi connectivity index (χ4n) is 6.13. The fourth-order valence-corrected chi connectivity index (χ4v) is 6.47. The second kappa shape index (κ2) is 11.4. The lowest BCUT2D eigenvalue weighted by molar-refractivity contribution is 0.0943. The van der Waals surface area contributed by atoms with E-state index in [9.17, 15) is 9.59 Å². The van der Waals surface area contributed by atoms with Gasteiger partial charge in [-0.15, -0.1) is 11.6 Å². The third-order valence-electron chi connectivity index (χ3n) is 8.35. The molecule has 1 aliphatic carbocycles. The number of carbonyl (C=O) groups excluding carboxylic acids is 2. The van der Waals surface area contributed by atoms with E-state index >= 15 is 0 Å². The lowest BCUT2D eigenvalue weighted by atomic mass is 9.83. The maximum atomic E-state index is 13.1. The first-order chi connectivity index (χ1) is 21.0. The molecule has 6 aromatic rings. The Kier molecular flexibility index (Phi) is 7.14. The van der Waals surface area contributed by atoms with E-state index in [0.29, 0.717) is 30.6 Å². The number of benzene rings is 6. The van der Waals surface area contributed by atoms with E-state index in [2.05, 4.69) is 47.0 Å². The van der Waals surface area contributed by atoms with Crippen LogP contribution < -0.4 is 10.6 Å². The first kappa shape index (κ1) is 26.9. The predicted octanol–water partition coefficient (Wildman–Crippen LogP) is 8.36. The van der Waals surface area contributed by atoms with Crippen molar-refractivity contribution < 1.29 is 9.59 Å². The Morgan fingerprint density at radius 2 is 1.12 bits per heavy atom. The molecular formula is C38H29ClN2O2. The van der Waals surface area contributed by atoms with Crippen molar-refractivity contribution in [1.82, 2.24) is 10.6 Å². The van der Waals surface area contributed by atoms with Gasteiger partial charge in [0.1, 0.15) is 0 Å². The summed E-state index contributed by atoms with van der Waals surface area (Å²) in [6, 6.07) is 40.1. The average Bonchev–Trinajstić information content (AvgIpc) is 3.05. The number of alkyl halides is 1. The molecule has 0 saturated heterocycles. The van der Waals surface area contributed by atoms with Crippen LogP contribution in [0.5, 0.6) is 0 Å². The fraction of sp³-hybridized carbons (Fsp3) is 0.105. The number of nitrogens with one attached hydrogen (secondary N) is 2. The zero-order valence-electron chi connectivity index (χ0n) is 23.4. The van der Waals surface area contributed by atoms with E-state index in [1.807, 2.05) is 84.9 Å². The lowest BCUT2D eigenvalue weighted by Gasteiger charge is -2.25. The molecule has 0 heterocycles. The van der Waals surface area contributed by atoms with Crippen LogP contribution in [0.25, 0.3) is 32.7 Å². The number of halogens is 1. The molecule has 1 unspecified atom stereocenters. The zero-order chi connectivity index (χ0) is 29.3. The predicted molar refractivity (Wildman–Crippen MR) is 174 cm³/mol. The SMILES string of the molecule is O=C(NCc1cccc2ccccc12)c1ccc2c(c1)CC(Cl)c1cc(C(=O)NCc3cccc4ccccc34)ccc1-2. The van der Waals surface area contributed by atoms with Crippen molar-refractivity contribution in [3.8, 4) is 11.1 Å². The molecule has 7 rings (SSSR count). The van der Waals surface area contributed by atoms with E-state index < -0.39 is 0 Å². The highest BCUT2D eigenvalue weighted by atomic mass is 35.5. The first-order valence-electron chi connectivity index (χ1n) is 14.5. The van der Waals surface area contributed by atoms with Gasteiger partial charge in [-0.2, -0.15) is 0 Å². The van der Waals surface area contributed by atoms with E-state index in [1.54, 1.807) is 0 Å². The van der Waals surface area contributed by atoms with Crippen molar-refractivity contribution in [3.05, 3.63) is 155 Å². The second-order valence-corrected chi connectivity index (χ2v) is 11.5. The molecule has 0 aromatic heterocycles. The highest BCUT2D eigenvalue weighted by Crippen LogP contribution is 2.42. The molecule has 2 N–H and O–H groups in total. The Hall–Kier alpha value is -4.93. The van der Waals surface area contributed by atoms with Gasteiger partial charge in [0.15, 0.2) is 0 Å². The molecule has 43 heavy (non-hydrogen) atoms. The van der Waals surface area contributed by atoms with Gasteiger partial charge in [-0.3, -0.25) is 9.59 Å². The van der Waals surface area contributed by atoms with Crippen LogP contribution in [0, 0.1) is 0 Å². The van der Waals surface area contributed by atoms with E-state index in [4.69, 9.17) is 11.6 Å². The van der Waals surface area contributed by atoms with Gasteiger partial charge in [0.25, 0.3) is 11.8 Å². The number of hydrogen-bond donors (Lipinski definition) is 2. The van der Waals surface area contributed by atoms with Crippen LogP contribution in [0.3, 0.4) is 0 Å². The molecule has 0 radical (unpaired) electrons. The van der Waals surface area contributed by atoms with Gasteiger partial charge in [0.05, 0.1) is 5.38 Å². The summed E-state index contributed by atoms with van der Waals surface area (Å²) in [5.41, 5.74) is 7.34. The third-order valence-corrected chi connectivity index (χ3v) is 8.74. The van der Waals surface area contributed by atoms with Crippen LogP contribution in [0.1, 0.15) is 48.3 Å². The van der Waals surface area contributed by atoms with Crippen LogP contribution >= 0.6 is 11.6 Å². The van der Waals surface area contributed by atoms with Crippen LogP contribution in [0.2, 0.25) is 0 Å². The summed E-state index contributed by atoms with van der Waals surface area (Å²) >= 11 is 6.89. The molecule has 1 atom stereocenters. The van der Waals surface area contributed by atoms with Gasteiger partial charge < -0.3 is 10.6 Å². The van der Waals surface area contributed by atoms with Gasteiger partial charge in [-0.1, -0.05) is 97.1 Å². The van der Waals surface area contributed by atoms with Crippen LogP contribution in [0.4, 0.5) is 0 Å². The number of hydrogen-bond acceptors (Lipinski definition) is 2. The second-order valence-electron chi connectivity index (χ2n) is 11.0. The summed E-state index contributed by atoms with van der Waals surface area (Å²) in [7, 11) is 0. The van der Waals surface area contributed by atoms with E-state index in [1.165, 1.54) is 0 Å². The third kappa shape index (κ3) is 5.26. The summed E-state index contributed by atoms with van der Waals surface area (Å²) in [5, 5.41) is 10.4. The van der Waals surface area contributed by atoms with Crippen molar-refractivity contribution in [2.75, 3.05) is 0 Å². The zero-order valence-corrected chi connectivity index (χ0v) is 24.2. The topological polar surface area (TPSA) is 58.2 Å². The molecule has 6 aromatic carbocycles. The maximum Gasteiger partial charge on any atom is 0.251 e. The Bertz CT molecular complexity index is 2020. The number of carbonyl (C=O) groups is 2. The largest absolute Gasteiger partial charge is 0.348 e. The van der Waals surface area contributed by atoms with E-state index in [0.717, 1.165) is 54.9 Å². The van der Waals surface area contributed by atoms with Crippen molar-refractivity contribution in [1.29, 1.82) is 0 Å². The Balaban J connectivity index is 1.07. The first-order valence-corrected chi connectivity index (χ1v) is 14.9. The minimum atomic E-state index is -0.303. The number of rotatable bonds is 6. The minimum absolute atomic E-state index is 0.120. The van der Waals surface area contributed by atoms with Gasteiger partial charge in [0, 0.05) is 24.2 Å². The van der Waals surface area contributed by atoms with Crippen molar-refractivity contribution >= 4 is 45.0 Å². The van der Waals surface area contributed by atoms with Crippen LogP contribution in [0.15, 0.2) is 121 Å². The molecule has 0 aliphatic heterocycles. The van der Waals surface area contributed by atoms with E-state index in [-0.39, 0.29) is 17.2 Å². The van der Waals surface area contributed by atoms with Crippen molar-refractivity contribution in [2.24, 2.45) is 0 Å². The van der Waals surface area contributed by atoms with Crippen LogP contribution in [-0.2, 0) is 19.5 Å². The quantitative estimate of drug-likeness (QED) is 0.194. The van der Waals surface area contributed by atoms with Gasteiger partial charge >= 0.3 is 0 Å². The summed E-state index contributed by atoms with van der Waals surface area (Å²) in [6.07, 6.45) is 0.579. The molecule has 5 heteroatoms. The molecule has 1 aliphatic rings. The molecule has 2 amide bonds. The average molecular weight is 581 g/mol. The van der Waals surface area contributed by atoms with Crippen molar-refractivity contribution in [2.45, 2.75) is 24.9 Å². The standard InChI is InChI=1S/C38H29ClN2O2/c39-36-21-30-19-26(37(42)40-22-28-11-5-9-24-7-1-3-13-31(24)28)15-17-33(30)34-18-16-27(20-35(34)36)38(43)41-23-29-12-6-10-25-8-2-4-14-32(25)29/h1-20,36H,21-23H2,(H,40,42)(H,41,43).